The number of alkyl halides is 4. The van der Waals surface area contributed by atoms with Gasteiger partial charge in [0.2, 0.25) is 0 Å². The van der Waals surface area contributed by atoms with Crippen LogP contribution >= 0.6 is 23.5 Å². The van der Waals surface area contributed by atoms with Crippen LogP contribution in [0.15, 0.2) is 70.5 Å². The highest BCUT2D eigenvalue weighted by atomic mass is 32.2. The van der Waals surface area contributed by atoms with Crippen LogP contribution in [0, 0.1) is 0 Å². The molecule has 2 aromatic carbocycles. The molecule has 2 rings (SSSR count). The summed E-state index contributed by atoms with van der Waals surface area (Å²) in [6.07, 6.45) is 0. The molecule has 106 valence electrons. The molecule has 0 amide bonds. The van der Waals surface area contributed by atoms with Gasteiger partial charge in [-0.2, -0.15) is 17.6 Å². The lowest BCUT2D eigenvalue weighted by Crippen LogP contribution is -2.34. The second-order valence-corrected chi connectivity index (χ2v) is 6.24. The first-order valence-corrected chi connectivity index (χ1v) is 7.28. The SMILES string of the molecule is FC(F)(Sc1ccccc1)C(F)(F)Sc1ccccc1. The van der Waals surface area contributed by atoms with E-state index in [1.165, 1.54) is 48.5 Å². The first kappa shape index (κ1) is 15.3. The summed E-state index contributed by atoms with van der Waals surface area (Å²) in [4.78, 5) is 0.205. The molecule has 2 aromatic rings. The van der Waals surface area contributed by atoms with Gasteiger partial charge >= 0.3 is 10.5 Å². The Balaban J connectivity index is 2.14. The minimum absolute atomic E-state index is 0.103. The lowest BCUT2D eigenvalue weighted by molar-refractivity contribution is -0.0834. The van der Waals surface area contributed by atoms with Crippen molar-refractivity contribution in [3.8, 4) is 0 Å². The number of rotatable bonds is 5. The van der Waals surface area contributed by atoms with Gasteiger partial charge in [-0.25, -0.2) is 0 Å². The first-order chi connectivity index (χ1) is 9.41. The summed E-state index contributed by atoms with van der Waals surface area (Å²) in [6, 6.07) is 14.9. The van der Waals surface area contributed by atoms with E-state index in [0.29, 0.717) is 0 Å². The summed E-state index contributed by atoms with van der Waals surface area (Å²) >= 11 is -0.264. The molecule has 0 aromatic heterocycles. The fourth-order valence-corrected chi connectivity index (χ4v) is 3.06. The largest absolute Gasteiger partial charge is 0.370 e. The molecule has 0 nitrogen and oxygen atoms in total. The van der Waals surface area contributed by atoms with Crippen molar-refractivity contribution in [1.29, 1.82) is 0 Å². The molecule has 0 unspecified atom stereocenters. The highest BCUT2D eigenvalue weighted by Gasteiger charge is 2.58. The third-order valence-corrected chi connectivity index (χ3v) is 4.49. The minimum atomic E-state index is -4.20. The predicted octanol–water partition coefficient (Wildman–Crippen LogP) is 5.76. The van der Waals surface area contributed by atoms with E-state index in [1.54, 1.807) is 12.1 Å². The van der Waals surface area contributed by atoms with Crippen LogP contribution in [0.5, 0.6) is 0 Å². The van der Waals surface area contributed by atoms with E-state index >= 15 is 0 Å². The second-order valence-electron chi connectivity index (χ2n) is 3.86. The van der Waals surface area contributed by atoms with E-state index in [2.05, 4.69) is 0 Å². The van der Waals surface area contributed by atoms with Gasteiger partial charge in [0.05, 0.1) is 0 Å². The van der Waals surface area contributed by atoms with Crippen LogP contribution in [0.2, 0.25) is 0 Å². The summed E-state index contributed by atoms with van der Waals surface area (Å²) in [5, 5.41) is -8.40. The van der Waals surface area contributed by atoms with Crippen LogP contribution in [-0.2, 0) is 0 Å². The molecular weight excluding hydrogens is 308 g/mol. The Morgan fingerprint density at radius 1 is 0.550 bits per heavy atom. The number of hydrogen-bond donors (Lipinski definition) is 0. The molecule has 0 aliphatic heterocycles. The molecule has 0 saturated heterocycles. The fraction of sp³-hybridized carbons (Fsp3) is 0.143. The minimum Gasteiger partial charge on any atom is -0.186 e. The van der Waals surface area contributed by atoms with Crippen molar-refractivity contribution in [2.45, 2.75) is 20.3 Å². The van der Waals surface area contributed by atoms with E-state index < -0.39 is 10.5 Å². The van der Waals surface area contributed by atoms with Gasteiger partial charge < -0.3 is 0 Å². The van der Waals surface area contributed by atoms with Gasteiger partial charge in [0.15, 0.2) is 0 Å². The molecule has 6 heteroatoms. The molecule has 0 radical (unpaired) electrons. The van der Waals surface area contributed by atoms with Crippen molar-refractivity contribution in [1.82, 2.24) is 0 Å². The molecule has 0 bridgehead atoms. The molecular formula is C14H10F4S2. The van der Waals surface area contributed by atoms with Crippen LogP contribution in [0.3, 0.4) is 0 Å². The summed E-state index contributed by atoms with van der Waals surface area (Å²) in [6.45, 7) is 0. The Kier molecular flexibility index (Phi) is 4.65. The van der Waals surface area contributed by atoms with Crippen molar-refractivity contribution < 1.29 is 17.6 Å². The van der Waals surface area contributed by atoms with Crippen LogP contribution in [-0.4, -0.2) is 10.5 Å². The predicted molar refractivity (Wildman–Crippen MR) is 74.5 cm³/mol. The summed E-state index contributed by atoms with van der Waals surface area (Å²) in [7, 11) is 0. The van der Waals surface area contributed by atoms with Gasteiger partial charge in [0, 0.05) is 9.79 Å². The average molecular weight is 318 g/mol. The molecule has 0 fully saturated rings. The molecule has 0 aliphatic rings. The molecule has 0 heterocycles. The molecule has 0 N–H and O–H groups in total. The quantitative estimate of drug-likeness (QED) is 0.508. The van der Waals surface area contributed by atoms with E-state index in [1.807, 2.05) is 0 Å². The Morgan fingerprint density at radius 3 is 1.15 bits per heavy atom. The molecule has 0 spiro atoms. The lowest BCUT2D eigenvalue weighted by Gasteiger charge is -2.25. The molecule has 0 saturated carbocycles. The van der Waals surface area contributed by atoms with Crippen LogP contribution in [0.4, 0.5) is 17.6 Å². The zero-order valence-electron chi connectivity index (χ0n) is 10.1. The van der Waals surface area contributed by atoms with Crippen LogP contribution < -0.4 is 0 Å². The zero-order chi connectivity index (χ0) is 14.6. The highest BCUT2D eigenvalue weighted by Crippen LogP contribution is 2.54. The third-order valence-electron chi connectivity index (χ3n) is 2.32. The second kappa shape index (κ2) is 6.10. The molecule has 20 heavy (non-hydrogen) atoms. The Labute approximate surface area is 122 Å². The number of hydrogen-bond acceptors (Lipinski definition) is 2. The van der Waals surface area contributed by atoms with E-state index in [-0.39, 0.29) is 33.3 Å². The van der Waals surface area contributed by atoms with Gasteiger partial charge in [-0.3, -0.25) is 0 Å². The summed E-state index contributed by atoms with van der Waals surface area (Å²) in [5.74, 6) is 0. The van der Waals surface area contributed by atoms with Crippen molar-refractivity contribution in [2.24, 2.45) is 0 Å². The fourth-order valence-electron chi connectivity index (χ4n) is 1.39. The lowest BCUT2D eigenvalue weighted by atomic mass is 10.4. The number of halogens is 4. The van der Waals surface area contributed by atoms with Gasteiger partial charge in [0.1, 0.15) is 0 Å². The monoisotopic (exact) mass is 318 g/mol. The van der Waals surface area contributed by atoms with Gasteiger partial charge in [0.25, 0.3) is 0 Å². The Hall–Kier alpha value is -1.14. The number of benzene rings is 2. The van der Waals surface area contributed by atoms with Crippen molar-refractivity contribution in [3.05, 3.63) is 60.7 Å². The van der Waals surface area contributed by atoms with E-state index in [9.17, 15) is 17.6 Å². The van der Waals surface area contributed by atoms with Gasteiger partial charge in [-0.05, 0) is 47.8 Å². The van der Waals surface area contributed by atoms with Crippen molar-refractivity contribution in [2.75, 3.05) is 0 Å². The molecule has 0 atom stereocenters. The maximum absolute atomic E-state index is 13.8. The topological polar surface area (TPSA) is 0 Å². The maximum atomic E-state index is 13.8. The smallest absolute Gasteiger partial charge is 0.186 e. The average Bonchev–Trinajstić information content (AvgIpc) is 2.40. The zero-order valence-corrected chi connectivity index (χ0v) is 11.7. The summed E-state index contributed by atoms with van der Waals surface area (Å²) < 4.78 is 55.1. The standard InChI is InChI=1S/C14H10F4S2/c15-13(16,19-11-7-3-1-4-8-11)14(17,18)20-12-9-5-2-6-10-12/h1-10H. The van der Waals surface area contributed by atoms with Gasteiger partial charge in [-0.1, -0.05) is 36.4 Å². The van der Waals surface area contributed by atoms with E-state index in [4.69, 9.17) is 0 Å². The first-order valence-electron chi connectivity index (χ1n) is 5.64. The highest BCUT2D eigenvalue weighted by molar-refractivity contribution is 8.04. The maximum Gasteiger partial charge on any atom is 0.370 e. The molecule has 0 aliphatic carbocycles. The van der Waals surface area contributed by atoms with Crippen molar-refractivity contribution >= 4 is 23.5 Å². The van der Waals surface area contributed by atoms with Crippen molar-refractivity contribution in [3.63, 3.8) is 0 Å². The third kappa shape index (κ3) is 3.70. The Morgan fingerprint density at radius 2 is 0.850 bits per heavy atom. The van der Waals surface area contributed by atoms with E-state index in [0.717, 1.165) is 0 Å². The van der Waals surface area contributed by atoms with Crippen LogP contribution in [0.1, 0.15) is 0 Å². The number of thioether (sulfide) groups is 2. The Bertz CT molecular complexity index is 492. The normalized spacial score (nSPS) is 12.4. The van der Waals surface area contributed by atoms with Gasteiger partial charge in [-0.15, -0.1) is 0 Å². The summed E-state index contributed by atoms with van der Waals surface area (Å²) in [5.41, 5.74) is 0. The van der Waals surface area contributed by atoms with Crippen LogP contribution in [0.25, 0.3) is 0 Å².